The number of para-hydroxylation sites is 2. The molecule has 3 N–H and O–H groups in total. The molecule has 2 amide bonds. The largest absolute Gasteiger partial charge is 0.489 e. The van der Waals surface area contributed by atoms with E-state index in [-0.39, 0.29) is 18.1 Å². The van der Waals surface area contributed by atoms with Gasteiger partial charge in [0.05, 0.1) is 11.3 Å². The molecule has 7 heteroatoms. The highest BCUT2D eigenvalue weighted by atomic mass is 16.5. The number of benzene rings is 2. The van der Waals surface area contributed by atoms with Gasteiger partial charge >= 0.3 is 0 Å². The van der Waals surface area contributed by atoms with Crippen molar-refractivity contribution in [2.45, 2.75) is 12.6 Å². The average molecular weight is 378 g/mol. The Kier molecular flexibility index (Phi) is 6.06. The van der Waals surface area contributed by atoms with Crippen molar-refractivity contribution in [2.24, 2.45) is 0 Å². The average Bonchev–Trinajstić information content (AvgIpc) is 2.84. The Bertz CT molecular complexity index is 896. The van der Waals surface area contributed by atoms with Gasteiger partial charge in [0.1, 0.15) is 18.4 Å². The molecular weight excluding hydrogens is 356 g/mol. The van der Waals surface area contributed by atoms with Crippen LogP contribution < -0.4 is 20.3 Å². The smallest absolute Gasteiger partial charge is 0.255 e. The van der Waals surface area contributed by atoms with Crippen molar-refractivity contribution >= 4 is 23.7 Å². The highest BCUT2D eigenvalue weighted by Crippen LogP contribution is 2.29. The van der Waals surface area contributed by atoms with Crippen molar-refractivity contribution in [2.75, 3.05) is 18.6 Å². The van der Waals surface area contributed by atoms with E-state index in [1.54, 1.807) is 19.2 Å². The van der Waals surface area contributed by atoms with Crippen molar-refractivity contribution < 1.29 is 14.3 Å². The molecule has 28 heavy (non-hydrogen) atoms. The quantitative estimate of drug-likeness (QED) is 0.528. The number of amides is 2. The van der Waals surface area contributed by atoms with Gasteiger partial charge in [0.2, 0.25) is 0 Å². The first-order valence-corrected chi connectivity index (χ1v) is 8.88. The zero-order valence-electron chi connectivity index (χ0n) is 15.5. The molecule has 0 bridgehead atoms. The van der Waals surface area contributed by atoms with E-state index in [1.165, 1.54) is 11.1 Å². The van der Waals surface area contributed by atoms with Gasteiger partial charge in [-0.3, -0.25) is 9.59 Å². The molecule has 0 unspecified atom stereocenters. The van der Waals surface area contributed by atoms with Gasteiger partial charge in [-0.05, 0) is 17.7 Å². The number of likely N-dealkylation sites (N-methyl/N-ethyl adjacent to an activating group) is 1. The molecule has 144 valence electrons. The Hall–Kier alpha value is -3.61. The monoisotopic (exact) mass is 378 g/mol. The van der Waals surface area contributed by atoms with E-state index in [9.17, 15) is 9.59 Å². The Labute approximate surface area is 163 Å². The predicted molar refractivity (Wildman–Crippen MR) is 107 cm³/mol. The molecule has 0 aliphatic carbocycles. The number of rotatable bonds is 6. The van der Waals surface area contributed by atoms with Crippen molar-refractivity contribution in [3.8, 4) is 5.75 Å². The first-order chi connectivity index (χ1) is 13.6. The van der Waals surface area contributed by atoms with Crippen LogP contribution in [0.15, 0.2) is 66.4 Å². The molecule has 0 saturated carbocycles. The molecule has 0 radical (unpaired) electrons. The summed E-state index contributed by atoms with van der Waals surface area (Å²) < 4.78 is 5.69. The number of carbonyl (C=O) groups excluding carboxylic acids is 2. The van der Waals surface area contributed by atoms with Crippen molar-refractivity contribution in [3.63, 3.8) is 0 Å². The molecule has 1 heterocycles. The Balaban J connectivity index is 1.64. The molecule has 0 fully saturated rings. The molecule has 3 rings (SSSR count). The maximum Gasteiger partial charge on any atom is 0.255 e. The van der Waals surface area contributed by atoms with Crippen LogP contribution in [0.25, 0.3) is 0 Å². The fraction of sp³-hybridized carbons (Fsp3) is 0.190. The molecule has 1 atom stereocenters. The molecule has 0 aromatic heterocycles. The second-order valence-corrected chi connectivity index (χ2v) is 6.31. The highest BCUT2D eigenvalue weighted by molar-refractivity contribution is 6.13. The molecule has 0 spiro atoms. The molecular formula is C21H22N4O3. The summed E-state index contributed by atoms with van der Waals surface area (Å²) in [5.41, 5.74) is 1.82. The summed E-state index contributed by atoms with van der Waals surface area (Å²) in [6, 6.07) is 16.1. The maximum atomic E-state index is 12.7. The van der Waals surface area contributed by atoms with Crippen LogP contribution in [-0.4, -0.2) is 37.7 Å². The fourth-order valence-corrected chi connectivity index (χ4v) is 2.85. The number of ether oxygens (including phenoxy) is 1. The van der Waals surface area contributed by atoms with Gasteiger partial charge in [0.15, 0.2) is 0 Å². The number of hydrogen-bond donors (Lipinski definition) is 3. The van der Waals surface area contributed by atoms with Crippen LogP contribution in [0.2, 0.25) is 0 Å². The second-order valence-electron chi connectivity index (χ2n) is 6.31. The predicted octanol–water partition coefficient (Wildman–Crippen LogP) is 1.85. The van der Waals surface area contributed by atoms with Gasteiger partial charge in [-0.15, -0.1) is 0 Å². The summed E-state index contributed by atoms with van der Waals surface area (Å²) in [5, 5.41) is 13.2. The van der Waals surface area contributed by atoms with E-state index in [4.69, 9.17) is 10.1 Å². The Morgan fingerprint density at radius 3 is 2.68 bits per heavy atom. The van der Waals surface area contributed by atoms with E-state index in [1.807, 2.05) is 42.5 Å². The summed E-state index contributed by atoms with van der Waals surface area (Å²) in [6.45, 7) is 0.545. The fourth-order valence-electron chi connectivity index (χ4n) is 2.85. The number of nitrogens with zero attached hydrogens (tertiary/aromatic N) is 1. The van der Waals surface area contributed by atoms with Crippen LogP contribution >= 0.6 is 0 Å². The molecule has 2 aromatic carbocycles. The minimum Gasteiger partial charge on any atom is -0.489 e. The summed E-state index contributed by atoms with van der Waals surface area (Å²) in [4.78, 5) is 26.7. The van der Waals surface area contributed by atoms with Crippen LogP contribution in [0, 0.1) is 5.41 Å². The normalized spacial score (nSPS) is 16.5. The lowest BCUT2D eigenvalue weighted by Crippen LogP contribution is -2.49. The summed E-state index contributed by atoms with van der Waals surface area (Å²) >= 11 is 0. The number of nitrogens with one attached hydrogen (secondary N) is 3. The number of anilines is 1. The minimum atomic E-state index is -0.845. The zero-order chi connectivity index (χ0) is 19.9. The van der Waals surface area contributed by atoms with E-state index < -0.39 is 11.9 Å². The van der Waals surface area contributed by atoms with Crippen LogP contribution in [-0.2, 0) is 16.1 Å². The second kappa shape index (κ2) is 8.85. The van der Waals surface area contributed by atoms with Crippen molar-refractivity contribution in [1.82, 2.24) is 10.6 Å². The van der Waals surface area contributed by atoms with E-state index in [2.05, 4.69) is 10.6 Å². The summed E-state index contributed by atoms with van der Waals surface area (Å²) in [7, 11) is 1.64. The maximum absolute atomic E-state index is 12.7. The lowest BCUT2D eigenvalue weighted by atomic mass is 10.2. The molecule has 1 aliphatic heterocycles. The Morgan fingerprint density at radius 2 is 1.93 bits per heavy atom. The minimum absolute atomic E-state index is 0.0225. The van der Waals surface area contributed by atoms with Gasteiger partial charge in [-0.25, -0.2) is 0 Å². The van der Waals surface area contributed by atoms with Gasteiger partial charge in [0.25, 0.3) is 11.8 Å². The highest BCUT2D eigenvalue weighted by Gasteiger charge is 2.30. The first kappa shape index (κ1) is 19.2. The topological polar surface area (TPSA) is 94.5 Å². The van der Waals surface area contributed by atoms with E-state index in [0.717, 1.165) is 11.8 Å². The lowest BCUT2D eigenvalue weighted by molar-refractivity contribution is -0.125. The van der Waals surface area contributed by atoms with Crippen LogP contribution in [0.5, 0.6) is 5.75 Å². The third-order valence-corrected chi connectivity index (χ3v) is 4.39. The first-order valence-electron chi connectivity index (χ1n) is 8.88. The lowest BCUT2D eigenvalue weighted by Gasteiger charge is -2.20. The Morgan fingerprint density at radius 1 is 1.21 bits per heavy atom. The standard InChI is InChI=1S/C21H22N4O3/c1-25-18-9-5-6-10-19(18)28-14-17(21(25)27)24-20(26)16(11-22)13-23-12-15-7-3-2-4-8-15/h2-11,13,17,22-23H,12,14H2,1H3,(H,24,26)/b16-13+,22-11?/t17-/m0/s1. The van der Waals surface area contributed by atoms with Gasteiger partial charge in [0, 0.05) is 26.0 Å². The van der Waals surface area contributed by atoms with Crippen LogP contribution in [0.1, 0.15) is 5.56 Å². The zero-order valence-corrected chi connectivity index (χ0v) is 15.5. The number of carbonyl (C=O) groups is 2. The summed E-state index contributed by atoms with van der Waals surface area (Å²) in [5.74, 6) is -0.209. The van der Waals surface area contributed by atoms with Crippen LogP contribution in [0.4, 0.5) is 5.69 Å². The molecule has 2 aromatic rings. The SMILES string of the molecule is CN1C(=O)[C@@H](NC(=O)/C(C=N)=C/NCc2ccccc2)COc2ccccc21. The third-order valence-electron chi connectivity index (χ3n) is 4.39. The van der Waals surface area contributed by atoms with Gasteiger partial charge < -0.3 is 25.7 Å². The number of fused-ring (bicyclic) bond motifs is 1. The third kappa shape index (κ3) is 4.37. The molecule has 0 saturated heterocycles. The molecule has 7 nitrogen and oxygen atoms in total. The van der Waals surface area contributed by atoms with Crippen LogP contribution in [0.3, 0.4) is 0 Å². The van der Waals surface area contributed by atoms with Gasteiger partial charge in [-0.1, -0.05) is 42.5 Å². The van der Waals surface area contributed by atoms with Crippen molar-refractivity contribution in [3.05, 3.63) is 71.9 Å². The van der Waals surface area contributed by atoms with Crippen molar-refractivity contribution in [1.29, 1.82) is 5.41 Å². The summed E-state index contributed by atoms with van der Waals surface area (Å²) in [6.07, 6.45) is 2.42. The van der Waals surface area contributed by atoms with E-state index >= 15 is 0 Å². The number of hydrogen-bond acceptors (Lipinski definition) is 5. The van der Waals surface area contributed by atoms with E-state index in [0.29, 0.717) is 18.0 Å². The van der Waals surface area contributed by atoms with Gasteiger partial charge in [-0.2, -0.15) is 0 Å². The molecule has 1 aliphatic rings.